The number of hydrogen-bond donors (Lipinski definition) is 0. The maximum Gasteiger partial charge on any atom is 0.123 e. The van der Waals surface area contributed by atoms with E-state index in [-0.39, 0.29) is 5.82 Å². The minimum Gasteiger partial charge on any atom is -0.265 e. The summed E-state index contributed by atoms with van der Waals surface area (Å²) in [5.41, 5.74) is 3.50. The predicted octanol–water partition coefficient (Wildman–Crippen LogP) is 3.40. The summed E-state index contributed by atoms with van der Waals surface area (Å²) in [4.78, 5) is 0. The second kappa shape index (κ2) is 5.46. The van der Waals surface area contributed by atoms with Crippen LogP contribution in [0.15, 0.2) is 30.5 Å². The summed E-state index contributed by atoms with van der Waals surface area (Å²) in [7, 11) is 0. The molecule has 1 aliphatic carbocycles. The largest absolute Gasteiger partial charge is 0.265 e. The first-order valence-electron chi connectivity index (χ1n) is 6.94. The molecule has 1 aromatic heterocycles. The molecule has 1 aliphatic rings. The predicted molar refractivity (Wildman–Crippen MR) is 73.6 cm³/mol. The van der Waals surface area contributed by atoms with E-state index in [1.54, 1.807) is 12.1 Å². The van der Waals surface area contributed by atoms with Crippen molar-refractivity contribution in [1.82, 2.24) is 9.78 Å². The van der Waals surface area contributed by atoms with Gasteiger partial charge in [0, 0.05) is 18.0 Å². The summed E-state index contributed by atoms with van der Waals surface area (Å²) in [5.74, 6) is 0.107. The summed E-state index contributed by atoms with van der Waals surface area (Å²) < 4.78 is 14.9. The van der Waals surface area contributed by atoms with Crippen LogP contribution >= 0.6 is 0 Å². The molecule has 0 N–H and O–H groups in total. The number of benzene rings is 1. The lowest BCUT2D eigenvalue weighted by molar-refractivity contribution is 0.531. The van der Waals surface area contributed by atoms with Crippen molar-refractivity contribution in [1.29, 1.82) is 5.26 Å². The third-order valence-corrected chi connectivity index (χ3v) is 3.97. The number of hydrogen-bond acceptors (Lipinski definition) is 2. The fourth-order valence-corrected chi connectivity index (χ4v) is 2.93. The average molecular weight is 269 g/mol. The lowest BCUT2D eigenvalue weighted by Gasteiger charge is -2.21. The smallest absolute Gasteiger partial charge is 0.123 e. The second-order valence-electron chi connectivity index (χ2n) is 5.28. The zero-order valence-electron chi connectivity index (χ0n) is 11.2. The molecule has 1 heterocycles. The van der Waals surface area contributed by atoms with E-state index in [1.165, 1.54) is 23.4 Å². The lowest BCUT2D eigenvalue weighted by Crippen LogP contribution is -2.13. The molecule has 0 saturated heterocycles. The van der Waals surface area contributed by atoms with Gasteiger partial charge in [0.05, 0.1) is 18.8 Å². The van der Waals surface area contributed by atoms with Gasteiger partial charge in [-0.05, 0) is 42.5 Å². The number of fused-ring (bicyclic) bond motifs is 1. The molecule has 20 heavy (non-hydrogen) atoms. The first-order chi connectivity index (χ1) is 9.78. The zero-order valence-corrected chi connectivity index (χ0v) is 11.2. The first kappa shape index (κ1) is 12.9. The van der Waals surface area contributed by atoms with Gasteiger partial charge in [-0.3, -0.25) is 4.68 Å². The highest BCUT2D eigenvalue weighted by molar-refractivity contribution is 5.27. The van der Waals surface area contributed by atoms with Crippen LogP contribution in [0, 0.1) is 17.1 Å². The third kappa shape index (κ3) is 2.44. The number of nitrogens with zero attached hydrogens (tertiary/aromatic N) is 3. The van der Waals surface area contributed by atoms with Gasteiger partial charge in [-0.2, -0.15) is 10.4 Å². The van der Waals surface area contributed by atoms with Crippen molar-refractivity contribution >= 4 is 0 Å². The highest BCUT2D eigenvalue weighted by atomic mass is 19.1. The molecular formula is C16H16FN3. The molecule has 3 nitrogen and oxygen atoms in total. The van der Waals surface area contributed by atoms with Gasteiger partial charge in [0.1, 0.15) is 5.82 Å². The molecule has 0 radical (unpaired) electrons. The van der Waals surface area contributed by atoms with E-state index < -0.39 is 0 Å². The summed E-state index contributed by atoms with van der Waals surface area (Å²) >= 11 is 0. The van der Waals surface area contributed by atoms with E-state index in [4.69, 9.17) is 5.26 Å². The van der Waals surface area contributed by atoms with Crippen molar-refractivity contribution in [2.45, 2.75) is 38.1 Å². The second-order valence-corrected chi connectivity index (χ2v) is 5.28. The van der Waals surface area contributed by atoms with Gasteiger partial charge in [-0.15, -0.1) is 0 Å². The van der Waals surface area contributed by atoms with Crippen molar-refractivity contribution < 1.29 is 4.39 Å². The van der Waals surface area contributed by atoms with E-state index >= 15 is 0 Å². The van der Waals surface area contributed by atoms with Crippen LogP contribution in [0.4, 0.5) is 4.39 Å². The number of aromatic nitrogens is 2. The van der Waals surface area contributed by atoms with Crippen LogP contribution in [-0.2, 0) is 13.0 Å². The molecule has 1 atom stereocenters. The Kier molecular flexibility index (Phi) is 3.51. The summed E-state index contributed by atoms with van der Waals surface area (Å²) in [6.45, 7) is 0.662. The minimum atomic E-state index is -0.217. The van der Waals surface area contributed by atoms with Gasteiger partial charge in [0.25, 0.3) is 0 Å². The van der Waals surface area contributed by atoms with Crippen molar-refractivity contribution in [2.75, 3.05) is 0 Å². The Morgan fingerprint density at radius 2 is 2.15 bits per heavy atom. The topological polar surface area (TPSA) is 41.6 Å². The van der Waals surface area contributed by atoms with Crippen LogP contribution in [0.1, 0.15) is 42.0 Å². The monoisotopic (exact) mass is 269 g/mol. The SMILES string of the molecule is N#CCC1CCCc2c1cnn2Cc1ccc(F)cc1. The highest BCUT2D eigenvalue weighted by Gasteiger charge is 2.23. The Morgan fingerprint density at radius 1 is 1.35 bits per heavy atom. The summed E-state index contributed by atoms with van der Waals surface area (Å²) in [6, 6.07) is 8.80. The molecule has 3 rings (SSSR count). The minimum absolute atomic E-state index is 0.217. The van der Waals surface area contributed by atoms with Gasteiger partial charge < -0.3 is 0 Å². The van der Waals surface area contributed by atoms with Crippen LogP contribution in [0.2, 0.25) is 0 Å². The molecule has 1 aromatic carbocycles. The molecule has 102 valence electrons. The zero-order chi connectivity index (χ0) is 13.9. The van der Waals surface area contributed by atoms with E-state index in [1.807, 2.05) is 10.9 Å². The summed E-state index contributed by atoms with van der Waals surface area (Å²) in [6.07, 6.45) is 5.66. The third-order valence-electron chi connectivity index (χ3n) is 3.97. The van der Waals surface area contributed by atoms with Crippen LogP contribution < -0.4 is 0 Å². The Labute approximate surface area is 117 Å². The van der Waals surface area contributed by atoms with E-state index in [0.29, 0.717) is 18.9 Å². The van der Waals surface area contributed by atoms with Crippen LogP contribution in [-0.4, -0.2) is 9.78 Å². The van der Waals surface area contributed by atoms with Crippen LogP contribution in [0.25, 0.3) is 0 Å². The van der Waals surface area contributed by atoms with Crippen LogP contribution in [0.5, 0.6) is 0 Å². The molecule has 0 spiro atoms. The number of rotatable bonds is 3. The Morgan fingerprint density at radius 3 is 2.90 bits per heavy atom. The Bertz CT molecular complexity index is 637. The normalized spacial score (nSPS) is 17.5. The van der Waals surface area contributed by atoms with Crippen molar-refractivity contribution in [3.63, 3.8) is 0 Å². The van der Waals surface area contributed by atoms with Gasteiger partial charge in [-0.25, -0.2) is 4.39 Å². The van der Waals surface area contributed by atoms with Gasteiger partial charge in [0.15, 0.2) is 0 Å². The van der Waals surface area contributed by atoms with E-state index in [2.05, 4.69) is 11.2 Å². The van der Waals surface area contributed by atoms with Gasteiger partial charge in [0.2, 0.25) is 0 Å². The maximum atomic E-state index is 12.9. The molecule has 0 amide bonds. The number of nitriles is 1. The Hall–Kier alpha value is -2.15. The molecule has 2 aromatic rings. The fraction of sp³-hybridized carbons (Fsp3) is 0.375. The molecule has 0 fully saturated rings. The fourth-order valence-electron chi connectivity index (χ4n) is 2.93. The molecule has 0 bridgehead atoms. The van der Waals surface area contributed by atoms with Gasteiger partial charge >= 0.3 is 0 Å². The highest BCUT2D eigenvalue weighted by Crippen LogP contribution is 2.33. The van der Waals surface area contributed by atoms with Crippen molar-refractivity contribution in [3.05, 3.63) is 53.1 Å². The van der Waals surface area contributed by atoms with Crippen LogP contribution in [0.3, 0.4) is 0 Å². The Balaban J connectivity index is 1.85. The average Bonchev–Trinajstić information content (AvgIpc) is 2.86. The molecule has 4 heteroatoms. The molecular weight excluding hydrogens is 253 g/mol. The molecule has 0 aliphatic heterocycles. The lowest BCUT2D eigenvalue weighted by atomic mass is 9.85. The first-order valence-corrected chi connectivity index (χ1v) is 6.94. The number of halogens is 1. The molecule has 1 unspecified atom stereocenters. The quantitative estimate of drug-likeness (QED) is 0.857. The standard InChI is InChI=1S/C16H16FN3/c17-14-6-4-12(5-7-14)11-20-16-3-1-2-13(8-9-18)15(16)10-19-20/h4-7,10,13H,1-3,8,11H2. The van der Waals surface area contributed by atoms with E-state index in [0.717, 1.165) is 24.8 Å². The molecule has 0 saturated carbocycles. The van der Waals surface area contributed by atoms with Gasteiger partial charge in [-0.1, -0.05) is 12.1 Å². The maximum absolute atomic E-state index is 12.9. The van der Waals surface area contributed by atoms with Crippen molar-refractivity contribution in [2.24, 2.45) is 0 Å². The van der Waals surface area contributed by atoms with E-state index in [9.17, 15) is 4.39 Å². The van der Waals surface area contributed by atoms with Crippen molar-refractivity contribution in [3.8, 4) is 6.07 Å². The summed E-state index contributed by atoms with van der Waals surface area (Å²) in [5, 5.41) is 13.4.